The van der Waals surface area contributed by atoms with Crippen molar-refractivity contribution in [2.24, 2.45) is 0 Å². The van der Waals surface area contributed by atoms with Gasteiger partial charge in [-0.25, -0.2) is 0 Å². The third-order valence-corrected chi connectivity index (χ3v) is 5.53. The van der Waals surface area contributed by atoms with Gasteiger partial charge in [-0.1, -0.05) is 42.5 Å². The fraction of sp³-hybridized carbons (Fsp3) is 0.292. The summed E-state index contributed by atoms with van der Waals surface area (Å²) in [7, 11) is 0. The first-order valence-electron chi connectivity index (χ1n) is 10.7. The molecule has 3 aromatic rings. The fourth-order valence-electron chi connectivity index (χ4n) is 3.75. The van der Waals surface area contributed by atoms with E-state index in [1.165, 1.54) is 28.4 Å². The Balaban J connectivity index is 1.33. The predicted octanol–water partition coefficient (Wildman–Crippen LogP) is 3.92. The molecule has 0 saturated carbocycles. The molecule has 0 atom stereocenters. The van der Waals surface area contributed by atoms with Gasteiger partial charge in [-0.3, -0.25) is 14.3 Å². The summed E-state index contributed by atoms with van der Waals surface area (Å²) in [6, 6.07) is 16.2. The third kappa shape index (κ3) is 5.42. The Labute approximate surface area is 189 Å². The van der Waals surface area contributed by atoms with Crippen LogP contribution in [0.1, 0.15) is 44.1 Å². The second-order valence-corrected chi connectivity index (χ2v) is 7.90. The summed E-state index contributed by atoms with van der Waals surface area (Å²) in [5.41, 5.74) is 1.54. The van der Waals surface area contributed by atoms with E-state index in [1.807, 2.05) is 30.3 Å². The molecule has 0 radical (unpaired) electrons. The molecule has 2 amide bonds. The fourth-order valence-corrected chi connectivity index (χ4v) is 3.75. The monoisotopic (exact) mass is 456 g/mol. The zero-order valence-corrected chi connectivity index (χ0v) is 17.8. The number of amides is 2. The van der Waals surface area contributed by atoms with Crippen LogP contribution >= 0.6 is 0 Å². The first kappa shape index (κ1) is 22.6. The van der Waals surface area contributed by atoms with Gasteiger partial charge in [0, 0.05) is 25.7 Å². The number of hydrogen-bond acceptors (Lipinski definition) is 3. The Morgan fingerprint density at radius 2 is 1.73 bits per heavy atom. The summed E-state index contributed by atoms with van der Waals surface area (Å²) in [6.45, 7) is 1.43. The Morgan fingerprint density at radius 3 is 2.42 bits per heavy atom. The van der Waals surface area contributed by atoms with Crippen LogP contribution in [0.25, 0.3) is 0 Å². The number of carbonyl (C=O) groups is 2. The topological polar surface area (TPSA) is 67.2 Å². The standard InChI is InChI=1S/C24H23F3N4O2/c25-24(26,27)19-10-8-18(9-11-19)16-30-13-14-31-21(23(30)33)15-20(29-31)22(32)28-12-4-7-17-5-2-1-3-6-17/h1-3,5-6,8-11,15H,4,7,12-14,16H2,(H,28,32). The summed E-state index contributed by atoms with van der Waals surface area (Å²) < 4.78 is 39.7. The van der Waals surface area contributed by atoms with E-state index in [-0.39, 0.29) is 24.1 Å². The summed E-state index contributed by atoms with van der Waals surface area (Å²) in [6.07, 6.45) is -2.77. The third-order valence-electron chi connectivity index (χ3n) is 5.53. The molecule has 2 aromatic carbocycles. The summed E-state index contributed by atoms with van der Waals surface area (Å²) in [5.74, 6) is -0.649. The van der Waals surface area contributed by atoms with Crippen molar-refractivity contribution in [1.29, 1.82) is 0 Å². The van der Waals surface area contributed by atoms with E-state index in [4.69, 9.17) is 0 Å². The Hall–Kier alpha value is -3.62. The molecule has 172 valence electrons. The van der Waals surface area contributed by atoms with E-state index in [2.05, 4.69) is 10.4 Å². The lowest BCUT2D eigenvalue weighted by atomic mass is 10.1. The second-order valence-electron chi connectivity index (χ2n) is 7.90. The number of nitrogens with zero attached hydrogens (tertiary/aromatic N) is 3. The summed E-state index contributed by atoms with van der Waals surface area (Å²) >= 11 is 0. The molecule has 2 heterocycles. The van der Waals surface area contributed by atoms with Gasteiger partial charge in [0.25, 0.3) is 11.8 Å². The molecular weight excluding hydrogens is 433 g/mol. The van der Waals surface area contributed by atoms with Gasteiger partial charge in [0.1, 0.15) is 5.69 Å². The number of hydrogen-bond donors (Lipinski definition) is 1. The minimum Gasteiger partial charge on any atom is -0.351 e. The number of rotatable bonds is 7. The molecule has 1 N–H and O–H groups in total. The van der Waals surface area contributed by atoms with E-state index in [1.54, 1.807) is 4.90 Å². The zero-order chi connectivity index (χ0) is 23.4. The van der Waals surface area contributed by atoms with E-state index < -0.39 is 11.7 Å². The molecule has 0 unspecified atom stereocenters. The molecule has 0 spiro atoms. The van der Waals surface area contributed by atoms with Gasteiger partial charge in [-0.2, -0.15) is 18.3 Å². The maximum atomic E-state index is 12.9. The maximum absolute atomic E-state index is 12.9. The minimum absolute atomic E-state index is 0.175. The molecule has 4 rings (SSSR count). The van der Waals surface area contributed by atoms with Gasteiger partial charge in [-0.05, 0) is 36.1 Å². The average Bonchev–Trinajstić information content (AvgIpc) is 3.24. The van der Waals surface area contributed by atoms with Crippen molar-refractivity contribution >= 4 is 11.8 Å². The SMILES string of the molecule is O=C(NCCCc1ccccc1)c1cc2n(n1)CCN(Cc1ccc(C(F)(F)F)cc1)C2=O. The first-order valence-corrected chi connectivity index (χ1v) is 10.7. The average molecular weight is 456 g/mol. The quantitative estimate of drug-likeness (QED) is 0.548. The van der Waals surface area contributed by atoms with Gasteiger partial charge in [0.05, 0.1) is 12.1 Å². The van der Waals surface area contributed by atoms with Crippen LogP contribution in [0.3, 0.4) is 0 Å². The largest absolute Gasteiger partial charge is 0.416 e. The smallest absolute Gasteiger partial charge is 0.351 e. The molecular formula is C24H23F3N4O2. The molecule has 1 aromatic heterocycles. The lowest BCUT2D eigenvalue weighted by Gasteiger charge is -2.27. The highest BCUT2D eigenvalue weighted by Gasteiger charge is 2.31. The van der Waals surface area contributed by atoms with Crippen LogP contribution in [0, 0.1) is 0 Å². The second kappa shape index (κ2) is 9.48. The predicted molar refractivity (Wildman–Crippen MR) is 116 cm³/mol. The number of carbonyl (C=O) groups excluding carboxylic acids is 2. The highest BCUT2D eigenvalue weighted by molar-refractivity contribution is 5.98. The van der Waals surface area contributed by atoms with Crippen LogP contribution in [0.2, 0.25) is 0 Å². The van der Waals surface area contributed by atoms with Crippen molar-refractivity contribution < 1.29 is 22.8 Å². The summed E-state index contributed by atoms with van der Waals surface area (Å²) in [5, 5.41) is 7.08. The van der Waals surface area contributed by atoms with Gasteiger partial charge < -0.3 is 10.2 Å². The van der Waals surface area contributed by atoms with Crippen molar-refractivity contribution in [1.82, 2.24) is 20.0 Å². The Bertz CT molecular complexity index is 1120. The van der Waals surface area contributed by atoms with Crippen molar-refractivity contribution in [2.75, 3.05) is 13.1 Å². The van der Waals surface area contributed by atoms with Gasteiger partial charge >= 0.3 is 6.18 Å². The highest BCUT2D eigenvalue weighted by Crippen LogP contribution is 2.29. The molecule has 33 heavy (non-hydrogen) atoms. The molecule has 6 nitrogen and oxygen atoms in total. The van der Waals surface area contributed by atoms with E-state index in [9.17, 15) is 22.8 Å². The van der Waals surface area contributed by atoms with Crippen LogP contribution in [0.5, 0.6) is 0 Å². The zero-order valence-electron chi connectivity index (χ0n) is 17.8. The van der Waals surface area contributed by atoms with Crippen LogP contribution < -0.4 is 5.32 Å². The summed E-state index contributed by atoms with van der Waals surface area (Å²) in [4.78, 5) is 26.9. The number of aromatic nitrogens is 2. The molecule has 9 heteroatoms. The van der Waals surface area contributed by atoms with Crippen molar-refractivity contribution in [3.63, 3.8) is 0 Å². The van der Waals surface area contributed by atoms with E-state index in [0.717, 1.165) is 25.0 Å². The number of benzene rings is 2. The Morgan fingerprint density at radius 1 is 1.00 bits per heavy atom. The molecule has 0 aliphatic carbocycles. The highest BCUT2D eigenvalue weighted by atomic mass is 19.4. The molecule has 0 saturated heterocycles. The molecule has 1 aliphatic rings. The van der Waals surface area contributed by atoms with Crippen molar-refractivity contribution in [3.05, 3.63) is 88.7 Å². The van der Waals surface area contributed by atoms with Gasteiger partial charge in [-0.15, -0.1) is 0 Å². The first-order chi connectivity index (χ1) is 15.8. The molecule has 1 aliphatic heterocycles. The molecule has 0 fully saturated rings. The number of aryl methyl sites for hydroxylation is 1. The number of halogens is 3. The van der Waals surface area contributed by atoms with Gasteiger partial charge in [0.15, 0.2) is 5.69 Å². The molecule has 0 bridgehead atoms. The van der Waals surface area contributed by atoms with Crippen LogP contribution in [0.4, 0.5) is 13.2 Å². The Kier molecular flexibility index (Phi) is 6.48. The van der Waals surface area contributed by atoms with E-state index >= 15 is 0 Å². The normalized spacial score (nSPS) is 13.7. The van der Waals surface area contributed by atoms with Crippen LogP contribution in [0.15, 0.2) is 60.7 Å². The number of nitrogens with one attached hydrogen (secondary N) is 1. The van der Waals surface area contributed by atoms with Crippen molar-refractivity contribution in [2.45, 2.75) is 32.1 Å². The van der Waals surface area contributed by atoms with Crippen LogP contribution in [-0.4, -0.2) is 39.6 Å². The van der Waals surface area contributed by atoms with Crippen molar-refractivity contribution in [3.8, 4) is 0 Å². The van der Waals surface area contributed by atoms with E-state index in [0.29, 0.717) is 30.9 Å². The lowest BCUT2D eigenvalue weighted by Crippen LogP contribution is -2.39. The maximum Gasteiger partial charge on any atom is 0.416 e. The number of fused-ring (bicyclic) bond motifs is 1. The lowest BCUT2D eigenvalue weighted by molar-refractivity contribution is -0.137. The van der Waals surface area contributed by atoms with Gasteiger partial charge in [0.2, 0.25) is 0 Å². The minimum atomic E-state index is -4.40. The van der Waals surface area contributed by atoms with Crippen LogP contribution in [-0.2, 0) is 25.7 Å². The number of alkyl halides is 3.